The van der Waals surface area contributed by atoms with Crippen LogP contribution in [0.25, 0.3) is 0 Å². The Labute approximate surface area is 116 Å². The Kier molecular flexibility index (Phi) is 5.02. The molecule has 0 aliphatic heterocycles. The van der Waals surface area contributed by atoms with Crippen LogP contribution in [0.1, 0.15) is 36.2 Å². The molecule has 0 bridgehead atoms. The molecule has 1 N–H and O–H groups in total. The number of benzene rings is 1. The van der Waals surface area contributed by atoms with E-state index in [9.17, 15) is 4.79 Å². The molecule has 1 amide bonds. The Morgan fingerprint density at radius 1 is 1.53 bits per heavy atom. The first-order valence-corrected chi connectivity index (χ1v) is 6.89. The first-order chi connectivity index (χ1) is 7.91. The summed E-state index contributed by atoms with van der Waals surface area (Å²) in [4.78, 5) is 12.2. The Morgan fingerprint density at radius 3 is 2.71 bits per heavy atom. The molecule has 1 rings (SSSR count). The van der Waals surface area contributed by atoms with E-state index < -0.39 is 0 Å². The summed E-state index contributed by atoms with van der Waals surface area (Å²) in [6.45, 7) is 5.88. The van der Waals surface area contributed by atoms with Gasteiger partial charge in [0.05, 0.1) is 5.54 Å². The molecule has 1 aromatic rings. The fourth-order valence-corrected chi connectivity index (χ4v) is 2.01. The largest absolute Gasteiger partial charge is 0.346 e. The summed E-state index contributed by atoms with van der Waals surface area (Å²) in [7, 11) is 0. The van der Waals surface area contributed by atoms with Crippen LogP contribution in [0.15, 0.2) is 22.7 Å². The van der Waals surface area contributed by atoms with Crippen LogP contribution in [0.5, 0.6) is 0 Å². The van der Waals surface area contributed by atoms with E-state index in [0.29, 0.717) is 11.4 Å². The first kappa shape index (κ1) is 14.5. The van der Waals surface area contributed by atoms with Crippen LogP contribution >= 0.6 is 27.5 Å². The first-order valence-electron chi connectivity index (χ1n) is 5.56. The summed E-state index contributed by atoms with van der Waals surface area (Å²) in [6, 6.07) is 5.67. The smallest absolute Gasteiger partial charge is 0.252 e. The van der Waals surface area contributed by atoms with E-state index in [0.717, 1.165) is 16.5 Å². The third kappa shape index (κ3) is 3.71. The molecule has 4 heteroatoms. The average molecular weight is 319 g/mol. The molecular weight excluding hydrogens is 302 g/mol. The van der Waals surface area contributed by atoms with Gasteiger partial charge in [-0.2, -0.15) is 0 Å². The zero-order chi connectivity index (χ0) is 13.1. The number of alkyl halides is 1. The second-order valence-electron chi connectivity index (χ2n) is 4.46. The molecule has 0 aromatic heterocycles. The molecule has 0 aliphatic rings. The maximum Gasteiger partial charge on any atom is 0.252 e. The quantitative estimate of drug-likeness (QED) is 0.838. The van der Waals surface area contributed by atoms with Crippen LogP contribution in [-0.2, 0) is 0 Å². The normalized spacial score (nSPS) is 14.2. The fourth-order valence-electron chi connectivity index (χ4n) is 1.40. The van der Waals surface area contributed by atoms with Crippen molar-refractivity contribution >= 4 is 33.4 Å². The van der Waals surface area contributed by atoms with Crippen molar-refractivity contribution in [3.8, 4) is 0 Å². The summed E-state index contributed by atoms with van der Waals surface area (Å²) < 4.78 is 0.900. The zero-order valence-electron chi connectivity index (χ0n) is 10.3. The lowest BCUT2D eigenvalue weighted by Gasteiger charge is -2.27. The van der Waals surface area contributed by atoms with Crippen molar-refractivity contribution in [2.24, 2.45) is 0 Å². The minimum atomic E-state index is -0.354. The second kappa shape index (κ2) is 5.87. The highest BCUT2D eigenvalue weighted by molar-refractivity contribution is 9.10. The summed E-state index contributed by atoms with van der Waals surface area (Å²) in [5, 5.41) is 2.99. The molecule has 2 nitrogen and oxygen atoms in total. The highest BCUT2D eigenvalue weighted by Gasteiger charge is 2.24. The van der Waals surface area contributed by atoms with Crippen molar-refractivity contribution in [1.29, 1.82) is 0 Å². The number of aryl methyl sites for hydroxylation is 1. The molecule has 17 heavy (non-hydrogen) atoms. The van der Waals surface area contributed by atoms with Gasteiger partial charge in [-0.05, 0) is 38.0 Å². The van der Waals surface area contributed by atoms with Crippen LogP contribution < -0.4 is 5.32 Å². The van der Waals surface area contributed by atoms with Gasteiger partial charge >= 0.3 is 0 Å². The number of hydrogen-bond acceptors (Lipinski definition) is 1. The van der Waals surface area contributed by atoms with Gasteiger partial charge in [0.15, 0.2) is 0 Å². The van der Waals surface area contributed by atoms with Gasteiger partial charge in [-0.1, -0.05) is 28.9 Å². The van der Waals surface area contributed by atoms with Gasteiger partial charge in [-0.15, -0.1) is 11.6 Å². The lowest BCUT2D eigenvalue weighted by atomic mass is 10.00. The minimum absolute atomic E-state index is 0.0752. The molecule has 0 spiro atoms. The van der Waals surface area contributed by atoms with Crippen LogP contribution in [0.4, 0.5) is 0 Å². The molecule has 0 saturated carbocycles. The van der Waals surface area contributed by atoms with Crippen molar-refractivity contribution in [3.63, 3.8) is 0 Å². The van der Waals surface area contributed by atoms with Gasteiger partial charge in [-0.25, -0.2) is 0 Å². The van der Waals surface area contributed by atoms with E-state index in [1.54, 1.807) is 0 Å². The molecule has 1 atom stereocenters. The van der Waals surface area contributed by atoms with Gasteiger partial charge in [-0.3, -0.25) is 4.79 Å². The van der Waals surface area contributed by atoms with E-state index in [1.165, 1.54) is 0 Å². The van der Waals surface area contributed by atoms with Crippen LogP contribution in [0.2, 0.25) is 0 Å². The molecule has 0 radical (unpaired) electrons. The fraction of sp³-hybridized carbons (Fsp3) is 0.462. The van der Waals surface area contributed by atoms with E-state index in [2.05, 4.69) is 21.2 Å². The monoisotopic (exact) mass is 317 g/mol. The number of carbonyl (C=O) groups excluding carboxylic acids is 1. The highest BCUT2D eigenvalue weighted by Crippen LogP contribution is 2.18. The van der Waals surface area contributed by atoms with Crippen molar-refractivity contribution in [1.82, 2.24) is 5.32 Å². The SMILES string of the molecule is CCC(C)(CCl)NC(=O)c1cc(Br)ccc1C. The van der Waals surface area contributed by atoms with Gasteiger partial charge in [0.25, 0.3) is 5.91 Å². The van der Waals surface area contributed by atoms with Crippen molar-refractivity contribution < 1.29 is 4.79 Å². The van der Waals surface area contributed by atoms with E-state index >= 15 is 0 Å². The summed E-state index contributed by atoms with van der Waals surface area (Å²) in [5.41, 5.74) is 1.29. The lowest BCUT2D eigenvalue weighted by Crippen LogP contribution is -2.47. The molecule has 1 aromatic carbocycles. The molecule has 1 unspecified atom stereocenters. The highest BCUT2D eigenvalue weighted by atomic mass is 79.9. The second-order valence-corrected chi connectivity index (χ2v) is 5.64. The van der Waals surface area contributed by atoms with Crippen molar-refractivity contribution in [2.45, 2.75) is 32.7 Å². The molecular formula is C13H17BrClNO. The molecule has 0 fully saturated rings. The molecule has 0 saturated heterocycles. The summed E-state index contributed by atoms with van der Waals surface area (Å²) in [5.74, 6) is 0.330. The Morgan fingerprint density at radius 2 is 2.18 bits per heavy atom. The predicted molar refractivity (Wildman–Crippen MR) is 75.8 cm³/mol. The van der Waals surface area contributed by atoms with E-state index in [4.69, 9.17) is 11.6 Å². The topological polar surface area (TPSA) is 29.1 Å². The Hall–Kier alpha value is -0.540. The predicted octanol–water partition coefficient (Wildman–Crippen LogP) is 3.89. The third-order valence-corrected chi connectivity index (χ3v) is 4.02. The molecule has 0 aliphatic carbocycles. The van der Waals surface area contributed by atoms with Crippen molar-refractivity contribution in [3.05, 3.63) is 33.8 Å². The van der Waals surface area contributed by atoms with Gasteiger partial charge < -0.3 is 5.32 Å². The Balaban J connectivity index is 2.94. The number of halogens is 2. The standard InChI is InChI=1S/C13H17BrClNO/c1-4-13(3,8-15)16-12(17)11-7-10(14)6-5-9(11)2/h5-7H,4,8H2,1-3H3,(H,16,17). The molecule has 0 heterocycles. The number of carbonyl (C=O) groups is 1. The maximum absolute atomic E-state index is 12.2. The van der Waals surface area contributed by atoms with Crippen molar-refractivity contribution in [2.75, 3.05) is 5.88 Å². The zero-order valence-corrected chi connectivity index (χ0v) is 12.7. The molecule has 94 valence electrons. The number of rotatable bonds is 4. The maximum atomic E-state index is 12.2. The lowest BCUT2D eigenvalue weighted by molar-refractivity contribution is 0.0911. The minimum Gasteiger partial charge on any atom is -0.346 e. The van der Waals surface area contributed by atoms with Gasteiger partial charge in [0, 0.05) is 15.9 Å². The number of amides is 1. The summed E-state index contributed by atoms with van der Waals surface area (Å²) in [6.07, 6.45) is 0.801. The number of nitrogens with one attached hydrogen (secondary N) is 1. The van der Waals surface area contributed by atoms with Crippen LogP contribution in [0.3, 0.4) is 0 Å². The average Bonchev–Trinajstić information content (AvgIpc) is 2.32. The summed E-state index contributed by atoms with van der Waals surface area (Å²) >= 11 is 9.26. The van der Waals surface area contributed by atoms with E-state index in [-0.39, 0.29) is 11.4 Å². The van der Waals surface area contributed by atoms with Gasteiger partial charge in [0.1, 0.15) is 0 Å². The van der Waals surface area contributed by atoms with E-state index in [1.807, 2.05) is 39.0 Å². The third-order valence-electron chi connectivity index (χ3n) is 2.93. The van der Waals surface area contributed by atoms with Gasteiger partial charge in [0.2, 0.25) is 0 Å². The van der Waals surface area contributed by atoms with Crippen LogP contribution in [0, 0.1) is 6.92 Å². The Bertz CT molecular complexity index is 416. The number of hydrogen-bond donors (Lipinski definition) is 1. The van der Waals surface area contributed by atoms with Crippen LogP contribution in [-0.4, -0.2) is 17.3 Å².